The molecule has 0 aliphatic heterocycles. The second-order valence-corrected chi connectivity index (χ2v) is 6.98. The van der Waals surface area contributed by atoms with Crippen molar-refractivity contribution >= 4 is 38.4 Å². The normalized spacial score (nSPS) is 11.7. The van der Waals surface area contributed by atoms with Gasteiger partial charge in [-0.15, -0.1) is 0 Å². The molecule has 5 aromatic rings. The van der Waals surface area contributed by atoms with Gasteiger partial charge < -0.3 is 0 Å². The third-order valence-electron chi connectivity index (χ3n) is 5.32. The van der Waals surface area contributed by atoms with Gasteiger partial charge in [0.2, 0.25) is 0 Å². The molecular formula is C27H20. The van der Waals surface area contributed by atoms with Gasteiger partial charge in [-0.25, -0.2) is 0 Å². The summed E-state index contributed by atoms with van der Waals surface area (Å²) in [5, 5.41) is 7.85. The van der Waals surface area contributed by atoms with Gasteiger partial charge in [-0.05, 0) is 55.9 Å². The average Bonchev–Trinajstić information content (AvgIpc) is 2.73. The topological polar surface area (TPSA) is 0 Å². The van der Waals surface area contributed by atoms with Crippen molar-refractivity contribution in [3.8, 4) is 0 Å². The Morgan fingerprint density at radius 3 is 1.78 bits per heavy atom. The van der Waals surface area contributed by atoms with Gasteiger partial charge in [-0.3, -0.25) is 0 Å². The van der Waals surface area contributed by atoms with Gasteiger partial charge in [-0.1, -0.05) is 103 Å². The quantitative estimate of drug-likeness (QED) is 0.299. The Balaban J connectivity index is 1.61. The molecule has 0 aliphatic rings. The van der Waals surface area contributed by atoms with E-state index in [1.165, 1.54) is 43.4 Å². The van der Waals surface area contributed by atoms with E-state index in [9.17, 15) is 0 Å². The molecule has 0 heteroatoms. The SMILES string of the molecule is C(=C/c1c2ccccc2cc2ccccc12)/Cc1cccc2ccccc12. The van der Waals surface area contributed by atoms with Crippen molar-refractivity contribution in [1.82, 2.24) is 0 Å². The fraction of sp³-hybridized carbons (Fsp3) is 0.0370. The van der Waals surface area contributed by atoms with Gasteiger partial charge in [0.25, 0.3) is 0 Å². The molecule has 0 unspecified atom stereocenters. The molecule has 0 heterocycles. The monoisotopic (exact) mass is 344 g/mol. The number of fused-ring (bicyclic) bond motifs is 3. The van der Waals surface area contributed by atoms with E-state index in [0.29, 0.717) is 0 Å². The van der Waals surface area contributed by atoms with Gasteiger partial charge in [-0.2, -0.15) is 0 Å². The zero-order valence-electron chi connectivity index (χ0n) is 15.1. The van der Waals surface area contributed by atoms with Crippen molar-refractivity contribution in [3.63, 3.8) is 0 Å². The van der Waals surface area contributed by atoms with Crippen LogP contribution in [0.2, 0.25) is 0 Å². The van der Waals surface area contributed by atoms with Crippen LogP contribution < -0.4 is 0 Å². The molecule has 27 heavy (non-hydrogen) atoms. The lowest BCUT2D eigenvalue weighted by Gasteiger charge is -2.08. The van der Waals surface area contributed by atoms with Crippen LogP contribution in [0.1, 0.15) is 11.1 Å². The maximum Gasteiger partial charge on any atom is -0.00879 e. The second-order valence-electron chi connectivity index (χ2n) is 6.98. The van der Waals surface area contributed by atoms with Crippen molar-refractivity contribution in [1.29, 1.82) is 0 Å². The van der Waals surface area contributed by atoms with Crippen molar-refractivity contribution in [2.45, 2.75) is 6.42 Å². The molecule has 0 nitrogen and oxygen atoms in total. The molecule has 0 aromatic heterocycles. The molecule has 0 saturated carbocycles. The van der Waals surface area contributed by atoms with Crippen LogP contribution in [0.4, 0.5) is 0 Å². The van der Waals surface area contributed by atoms with Crippen LogP contribution >= 0.6 is 0 Å². The highest BCUT2D eigenvalue weighted by molar-refractivity contribution is 6.06. The van der Waals surface area contributed by atoms with E-state index in [1.54, 1.807) is 0 Å². The molecule has 0 fully saturated rings. The molecule has 0 aliphatic carbocycles. The van der Waals surface area contributed by atoms with E-state index in [4.69, 9.17) is 0 Å². The van der Waals surface area contributed by atoms with Gasteiger partial charge in [0.05, 0.1) is 0 Å². The molecule has 0 saturated heterocycles. The van der Waals surface area contributed by atoms with Crippen LogP contribution in [0.3, 0.4) is 0 Å². The minimum absolute atomic E-state index is 0.929. The van der Waals surface area contributed by atoms with Gasteiger partial charge in [0.1, 0.15) is 0 Å². The zero-order valence-corrected chi connectivity index (χ0v) is 15.1. The van der Waals surface area contributed by atoms with Gasteiger partial charge in [0.15, 0.2) is 0 Å². The summed E-state index contributed by atoms with van der Waals surface area (Å²) >= 11 is 0. The highest BCUT2D eigenvalue weighted by Crippen LogP contribution is 2.29. The minimum Gasteiger partial charge on any atom is -0.0795 e. The average molecular weight is 344 g/mol. The van der Waals surface area contributed by atoms with E-state index in [0.717, 1.165) is 6.42 Å². The smallest absolute Gasteiger partial charge is 0.00879 e. The van der Waals surface area contributed by atoms with Crippen LogP contribution in [-0.4, -0.2) is 0 Å². The van der Waals surface area contributed by atoms with E-state index < -0.39 is 0 Å². The number of hydrogen-bond acceptors (Lipinski definition) is 0. The van der Waals surface area contributed by atoms with E-state index >= 15 is 0 Å². The summed E-state index contributed by atoms with van der Waals surface area (Å²) in [7, 11) is 0. The van der Waals surface area contributed by atoms with Crippen LogP contribution in [0.5, 0.6) is 0 Å². The van der Waals surface area contributed by atoms with E-state index in [-0.39, 0.29) is 0 Å². The predicted octanol–water partition coefficient (Wildman–Crippen LogP) is 7.40. The van der Waals surface area contributed by atoms with Gasteiger partial charge in [0, 0.05) is 0 Å². The summed E-state index contributed by atoms with van der Waals surface area (Å²) in [4.78, 5) is 0. The van der Waals surface area contributed by atoms with E-state index in [2.05, 4.69) is 109 Å². The highest BCUT2D eigenvalue weighted by atomic mass is 14.1. The highest BCUT2D eigenvalue weighted by Gasteiger charge is 2.05. The summed E-state index contributed by atoms with van der Waals surface area (Å²) in [5.74, 6) is 0. The summed E-state index contributed by atoms with van der Waals surface area (Å²) in [6.07, 6.45) is 5.53. The first kappa shape index (κ1) is 15.8. The lowest BCUT2D eigenvalue weighted by Crippen LogP contribution is -1.86. The summed E-state index contributed by atoms with van der Waals surface area (Å²) in [6, 6.07) is 34.8. The summed E-state index contributed by atoms with van der Waals surface area (Å²) in [6.45, 7) is 0. The molecule has 0 bridgehead atoms. The van der Waals surface area contributed by atoms with Gasteiger partial charge >= 0.3 is 0 Å². The third kappa shape index (κ3) is 2.90. The molecule has 5 rings (SSSR count). The number of benzene rings is 5. The first-order valence-corrected chi connectivity index (χ1v) is 9.44. The Bertz CT molecular complexity index is 1230. The fourth-order valence-corrected chi connectivity index (χ4v) is 4.00. The lowest BCUT2D eigenvalue weighted by molar-refractivity contribution is 1.31. The lowest BCUT2D eigenvalue weighted by atomic mass is 9.95. The Morgan fingerprint density at radius 1 is 0.519 bits per heavy atom. The molecular weight excluding hydrogens is 324 g/mol. The van der Waals surface area contributed by atoms with Crippen molar-refractivity contribution in [3.05, 3.63) is 114 Å². The molecule has 5 aromatic carbocycles. The molecule has 0 N–H and O–H groups in total. The van der Waals surface area contributed by atoms with Crippen LogP contribution in [0.25, 0.3) is 38.4 Å². The molecule has 0 radical (unpaired) electrons. The Morgan fingerprint density at radius 2 is 1.07 bits per heavy atom. The number of rotatable bonds is 3. The molecule has 0 atom stereocenters. The predicted molar refractivity (Wildman–Crippen MR) is 118 cm³/mol. The van der Waals surface area contributed by atoms with E-state index in [1.807, 2.05) is 0 Å². The fourth-order valence-electron chi connectivity index (χ4n) is 4.00. The van der Waals surface area contributed by atoms with Crippen molar-refractivity contribution in [2.24, 2.45) is 0 Å². The first-order valence-electron chi connectivity index (χ1n) is 9.44. The maximum absolute atomic E-state index is 2.30. The van der Waals surface area contributed by atoms with Crippen LogP contribution in [0, 0.1) is 0 Å². The molecule has 128 valence electrons. The second kappa shape index (κ2) is 6.74. The Labute approximate surface area is 159 Å². The number of allylic oxidation sites excluding steroid dienone is 1. The van der Waals surface area contributed by atoms with Crippen LogP contribution in [-0.2, 0) is 6.42 Å². The summed E-state index contributed by atoms with van der Waals surface area (Å²) < 4.78 is 0. The minimum atomic E-state index is 0.929. The molecule has 0 amide bonds. The Kier molecular flexibility index (Phi) is 3.95. The van der Waals surface area contributed by atoms with Crippen LogP contribution in [0.15, 0.2) is 103 Å². The van der Waals surface area contributed by atoms with Crippen molar-refractivity contribution < 1.29 is 0 Å². The summed E-state index contributed by atoms with van der Waals surface area (Å²) in [5.41, 5.74) is 2.68. The largest absolute Gasteiger partial charge is 0.0795 e. The standard InChI is InChI=1S/C27H20/c1-4-15-24-20(9-1)12-7-13-21(24)14-8-18-27-25-16-5-2-10-22(25)19-23-11-3-6-17-26(23)27/h1-13,15-19H,14H2/b18-8-. The third-order valence-corrected chi connectivity index (χ3v) is 5.32. The first-order chi connectivity index (χ1) is 13.4. The zero-order chi connectivity index (χ0) is 18.1. The Hall–Kier alpha value is -3.38. The number of hydrogen-bond donors (Lipinski definition) is 0. The van der Waals surface area contributed by atoms with Crippen molar-refractivity contribution in [2.75, 3.05) is 0 Å². The maximum atomic E-state index is 2.30. The molecule has 0 spiro atoms.